The highest BCUT2D eigenvalue weighted by atomic mass is 28.4. The molecule has 0 unspecified atom stereocenters. The van der Waals surface area contributed by atoms with E-state index in [4.69, 9.17) is 102 Å². The fourth-order valence-corrected chi connectivity index (χ4v) is 22.6. The van der Waals surface area contributed by atoms with Crippen LogP contribution in [0.1, 0.15) is 197 Å². The number of aliphatic hydroxyl groups excluding tert-OH is 13. The first-order valence-corrected chi connectivity index (χ1v) is 70.5. The third kappa shape index (κ3) is 30.0. The quantitative estimate of drug-likeness (QED) is 0.0169. The van der Waals surface area contributed by atoms with E-state index in [1.807, 2.05) is 243 Å². The lowest BCUT2D eigenvalue weighted by molar-refractivity contribution is -0.397. The Hall–Kier alpha value is -0.142. The van der Waals surface area contributed by atoms with Crippen LogP contribution in [0.15, 0.2) is 12.7 Å². The summed E-state index contributed by atoms with van der Waals surface area (Å²) in [6, 6.07) is 0. The number of allylic oxidation sites excluding steroid dienone is 1. The van der Waals surface area contributed by atoms with Gasteiger partial charge in [-0.1, -0.05) is 184 Å². The minimum absolute atomic E-state index is 0.0162. The first-order valence-electron chi connectivity index (χ1n) is 50.2. The van der Waals surface area contributed by atoms with Crippen LogP contribution in [0.3, 0.4) is 0 Å². The number of hydrogen-bond acceptors (Lipinski definition) is 35. The van der Waals surface area contributed by atoms with E-state index < -0.39 is 308 Å². The van der Waals surface area contributed by atoms with Crippen molar-refractivity contribution in [3.8, 4) is 0 Å². The average Bonchev–Trinajstić information content (AvgIpc) is 0.843. The van der Waals surface area contributed by atoms with Gasteiger partial charge in [0.15, 0.2) is 102 Å². The highest BCUT2D eigenvalue weighted by molar-refractivity contribution is 6.76. The molecule has 137 heavy (non-hydrogen) atoms. The minimum atomic E-state index is -2.83. The van der Waals surface area contributed by atoms with Gasteiger partial charge < -0.3 is 168 Å². The van der Waals surface area contributed by atoms with E-state index >= 15 is 0 Å². The highest BCUT2D eigenvalue weighted by Gasteiger charge is 2.63. The molecule has 0 saturated carbocycles. The third-order valence-corrected chi connectivity index (χ3v) is 64.3. The van der Waals surface area contributed by atoms with Gasteiger partial charge in [0.05, 0.1) is 46.2 Å². The van der Waals surface area contributed by atoms with Crippen LogP contribution < -0.4 is 0 Å². The summed E-state index contributed by atoms with van der Waals surface area (Å²) < 4.78 is 151. The molecule has 0 aromatic rings. The van der Waals surface area contributed by atoms with E-state index in [-0.39, 0.29) is 52.9 Å². The van der Waals surface area contributed by atoms with Crippen molar-refractivity contribution in [2.75, 3.05) is 52.9 Å². The van der Waals surface area contributed by atoms with Gasteiger partial charge in [-0.15, -0.1) is 6.58 Å². The Kier molecular flexibility index (Phi) is 42.4. The number of unbranched alkanes of at least 4 members (excludes halogenated alkanes) is 7. The lowest BCUT2D eigenvalue weighted by atomic mass is 9.95. The lowest BCUT2D eigenvalue weighted by Gasteiger charge is -2.51. The Labute approximate surface area is 826 Å². The van der Waals surface area contributed by atoms with E-state index in [0.717, 1.165) is 44.9 Å². The van der Waals surface area contributed by atoms with Crippen molar-refractivity contribution < 1.29 is 168 Å². The van der Waals surface area contributed by atoms with Gasteiger partial charge in [0.25, 0.3) is 0 Å². The summed E-state index contributed by atoms with van der Waals surface area (Å²) in [4.78, 5) is 0. The number of ether oxygens (including phenoxy) is 15. The van der Waals surface area contributed by atoms with Crippen molar-refractivity contribution in [3.63, 3.8) is 0 Å². The SMILES string of the molecule is C=CCCCCCCCCCO[C@H]1[C@H]2O[C@H]3[C@H](O)[C@@H](O)[C@@H](O[C@H]4[C@H](O)[C@@H](O)[C@@H](O[C@H]5[C@H](O)[C@@H](O)[C@@H](O[C@H]6[C@H](O)[C@@H](O)[C@@H](O[C@H]7[C@H](O)[C@@H](O)[C@@H](O[C@H]8[C@H](O)[C@@H](O)[C@@H](O[C@@H]([C@@H]1O)[C@@H](CO[Si](C)(C)C(C)(C)C)O2)O[C@@H]8CO[Si](C)(C)C(C)(C)C)O[C@@H]7CO[Si](C)(C)C(C)(C)C)O[C@@H]6CO[Si](C)(C)C(C)(C)C)O[C@@H]5CO[Si](C)(C)C(C)(C)C)O[C@@H]4CO[Si](C)(C)C(C)(C)C)O[C@@H]3CO[Si](C)(C)C(C)(C)C. The standard InChI is InChI=1S/C95H188O35Si7/c1-37-38-39-40-41-42-43-44-45-46-109-81-73(108)80-60(53-116-137(35,36)95(20,21)22)123-88(81)130-79-59(52-115-136(33,34)94(17,18)19)122-86(72(107)66(79)101)128-77-57(50-113-134(29,30)92(11,12)13)120-84(70(105)64(77)99)126-75-55(48-111-132(25,26)90(5,6)7)118-82(68(103)62(75)97)124-74-54(47-110-131(23,24)89(2,3)4)117-83(67(102)61(74)96)125-76-56(49-112-133(27,28)91(8,9)10)119-85(69(104)63(76)98)127-78-58(51-114-135(31,32)93(14,15)16)121-87(129-80)71(106)65(78)100/h37,54-88,96-108H,1,38-53H2,2-36H3/t54-,55-,56-,57-,58-,59-,60-,61-,62-,63-,64-,65-,66-,67-,68-,69-,70-,71-,72-,73+,74-,75-,76-,77-,78-,79-,80-,81-,82-,83-,84-,85-,86-,87-,88-/m1/s1. The molecule has 35 nitrogen and oxygen atoms in total. The summed E-state index contributed by atoms with van der Waals surface area (Å²) in [6.45, 7) is 71.9. The van der Waals surface area contributed by atoms with Crippen LogP contribution in [0.4, 0.5) is 0 Å². The Morgan fingerprint density at radius 2 is 0.365 bits per heavy atom. The predicted molar refractivity (Wildman–Crippen MR) is 532 cm³/mol. The van der Waals surface area contributed by atoms with Crippen LogP contribution in [0.2, 0.25) is 127 Å². The maximum atomic E-state index is 13.6. The van der Waals surface area contributed by atoms with Crippen molar-refractivity contribution in [1.82, 2.24) is 0 Å². The van der Waals surface area contributed by atoms with Crippen molar-refractivity contribution in [3.05, 3.63) is 12.7 Å². The Balaban J connectivity index is 1.34. The molecule has 0 aromatic carbocycles. The summed E-state index contributed by atoms with van der Waals surface area (Å²) in [5.41, 5.74) is 0. The molecular formula is C95H188O35Si7. The second-order valence-electron chi connectivity index (χ2n) is 50.3. The summed E-state index contributed by atoms with van der Waals surface area (Å²) >= 11 is 0. The van der Waals surface area contributed by atoms with Gasteiger partial charge in [-0.3, -0.25) is 0 Å². The zero-order valence-corrected chi connectivity index (χ0v) is 96.6. The fourth-order valence-electron chi connectivity index (χ4n) is 15.5. The molecule has 14 bridgehead atoms. The van der Waals surface area contributed by atoms with Crippen LogP contribution in [-0.2, 0) is 102 Å². The van der Waals surface area contributed by atoms with Crippen molar-refractivity contribution in [1.29, 1.82) is 0 Å². The summed E-state index contributed by atoms with van der Waals surface area (Å²) in [5.74, 6) is 0. The summed E-state index contributed by atoms with van der Waals surface area (Å²) in [5, 5.41) is 165. The van der Waals surface area contributed by atoms with E-state index in [9.17, 15) is 66.4 Å². The highest BCUT2D eigenvalue weighted by Crippen LogP contribution is 2.49. The molecule has 0 aliphatic carbocycles. The van der Waals surface area contributed by atoms with Gasteiger partial charge in [-0.2, -0.15) is 0 Å². The number of aliphatic hydroxyl groups is 13. The molecule has 0 aromatic heterocycles. The molecule has 13 N–H and O–H groups in total. The fraction of sp³-hybridized carbons (Fsp3) is 0.979. The first kappa shape index (κ1) is 122. The van der Waals surface area contributed by atoms with Crippen LogP contribution in [0.5, 0.6) is 0 Å². The minimum Gasteiger partial charge on any atom is -0.414 e. The zero-order valence-electron chi connectivity index (χ0n) is 89.6. The van der Waals surface area contributed by atoms with Crippen LogP contribution in [-0.4, -0.2) is 392 Å². The van der Waals surface area contributed by atoms with Crippen molar-refractivity contribution in [2.45, 2.75) is 539 Å². The third-order valence-electron chi connectivity index (χ3n) is 32.8. The summed E-state index contributed by atoms with van der Waals surface area (Å²) in [6.07, 6.45) is -54.4. The Bertz CT molecular complexity index is 3620. The first-order chi connectivity index (χ1) is 62.5. The second-order valence-corrected chi connectivity index (χ2v) is 83.9. The monoisotopic (exact) mass is 2090 g/mol. The van der Waals surface area contributed by atoms with Gasteiger partial charge >= 0.3 is 0 Å². The molecule has 0 radical (unpaired) electrons. The van der Waals surface area contributed by atoms with Crippen LogP contribution >= 0.6 is 0 Å². The number of rotatable bonds is 32. The summed E-state index contributed by atoms with van der Waals surface area (Å²) in [7, 11) is -19.8. The van der Waals surface area contributed by atoms with Gasteiger partial charge in [0.2, 0.25) is 0 Å². The Morgan fingerprint density at radius 1 is 0.212 bits per heavy atom. The largest absolute Gasteiger partial charge is 0.414 e. The molecule has 15 fully saturated rings. The molecule has 0 spiro atoms. The number of fused-ring (bicyclic) bond motifs is 7. The smallest absolute Gasteiger partial charge is 0.192 e. The van der Waals surface area contributed by atoms with Crippen molar-refractivity contribution in [2.24, 2.45) is 0 Å². The molecule has 806 valence electrons. The molecule has 15 heterocycles. The molecule has 15 saturated heterocycles. The molecule has 35 atom stereocenters. The molecule has 42 heteroatoms. The molecule has 0 amide bonds. The Morgan fingerprint density at radius 3 is 0.540 bits per heavy atom. The second kappa shape index (κ2) is 47.6. The molecule has 15 rings (SSSR count). The van der Waals surface area contributed by atoms with E-state index in [0.29, 0.717) is 6.42 Å². The van der Waals surface area contributed by atoms with E-state index in [1.165, 1.54) is 0 Å². The normalized spacial score (nSPS) is 38.2. The maximum Gasteiger partial charge on any atom is 0.192 e. The van der Waals surface area contributed by atoms with Crippen LogP contribution in [0.25, 0.3) is 0 Å². The predicted octanol–water partition coefficient (Wildman–Crippen LogP) is 10.3. The maximum absolute atomic E-state index is 13.6. The van der Waals surface area contributed by atoms with Crippen molar-refractivity contribution >= 4 is 58.2 Å². The molecule has 15 aliphatic rings. The van der Waals surface area contributed by atoms with E-state index in [1.54, 1.807) is 0 Å². The van der Waals surface area contributed by atoms with Gasteiger partial charge in [0, 0.05) is 6.61 Å². The number of hydrogen-bond donors (Lipinski definition) is 13. The van der Waals surface area contributed by atoms with Gasteiger partial charge in [-0.05, 0) is 146 Å². The molecule has 15 aliphatic heterocycles. The van der Waals surface area contributed by atoms with Crippen LogP contribution in [0, 0.1) is 0 Å². The van der Waals surface area contributed by atoms with Gasteiger partial charge in [-0.25, -0.2) is 0 Å². The topological polar surface area (TPSA) is 466 Å². The zero-order chi connectivity index (χ0) is 104. The van der Waals surface area contributed by atoms with E-state index in [2.05, 4.69) is 6.58 Å². The van der Waals surface area contributed by atoms with Gasteiger partial charge in [0.1, 0.15) is 171 Å². The average molecular weight is 2090 g/mol. The molecular weight excluding hydrogens is 1900 g/mol. The lowest BCUT2D eigenvalue weighted by Crippen LogP contribution is -2.69.